The van der Waals surface area contributed by atoms with E-state index in [2.05, 4.69) is 10.1 Å². The van der Waals surface area contributed by atoms with E-state index >= 15 is 0 Å². The zero-order chi connectivity index (χ0) is 17.4. The lowest BCUT2D eigenvalue weighted by Crippen LogP contribution is -2.24. The molecule has 2 aromatic carbocycles. The molecule has 0 radical (unpaired) electrons. The molecule has 3 aromatic rings. The van der Waals surface area contributed by atoms with Crippen LogP contribution in [0.5, 0.6) is 0 Å². The quantitative estimate of drug-likeness (QED) is 0.730. The van der Waals surface area contributed by atoms with E-state index in [4.69, 9.17) is 4.52 Å². The SMILES string of the molecule is Cc1ccc(N2C[C@H](c3nc(-c4cccc(C)c4)no3)CC2=O)cc1. The lowest BCUT2D eigenvalue weighted by atomic mass is 10.1. The van der Waals surface area contributed by atoms with Crippen molar-refractivity contribution in [3.63, 3.8) is 0 Å². The Bertz CT molecular complexity index is 915. The molecule has 0 saturated carbocycles. The van der Waals surface area contributed by atoms with Gasteiger partial charge in [0, 0.05) is 24.2 Å². The van der Waals surface area contributed by atoms with Gasteiger partial charge >= 0.3 is 0 Å². The highest BCUT2D eigenvalue weighted by Crippen LogP contribution is 2.32. The molecular weight excluding hydrogens is 314 g/mol. The van der Waals surface area contributed by atoms with Gasteiger partial charge in [0.25, 0.3) is 0 Å². The third-order valence-electron chi connectivity index (χ3n) is 4.54. The van der Waals surface area contributed by atoms with Crippen molar-refractivity contribution in [1.29, 1.82) is 0 Å². The van der Waals surface area contributed by atoms with Gasteiger partial charge in [-0.2, -0.15) is 4.98 Å². The van der Waals surface area contributed by atoms with E-state index in [0.717, 1.165) is 16.8 Å². The van der Waals surface area contributed by atoms with Gasteiger partial charge in [0.2, 0.25) is 17.6 Å². The van der Waals surface area contributed by atoms with E-state index in [-0.39, 0.29) is 11.8 Å². The minimum atomic E-state index is -0.0696. The summed E-state index contributed by atoms with van der Waals surface area (Å²) in [6.07, 6.45) is 0.392. The number of amides is 1. The molecule has 126 valence electrons. The number of aromatic nitrogens is 2. The fraction of sp³-hybridized carbons (Fsp3) is 0.250. The van der Waals surface area contributed by atoms with E-state index in [1.54, 1.807) is 4.90 Å². The monoisotopic (exact) mass is 333 g/mol. The van der Waals surface area contributed by atoms with E-state index < -0.39 is 0 Å². The van der Waals surface area contributed by atoms with Crippen LogP contribution in [-0.2, 0) is 4.79 Å². The number of hydrogen-bond acceptors (Lipinski definition) is 4. The Hall–Kier alpha value is -2.95. The van der Waals surface area contributed by atoms with Crippen molar-refractivity contribution in [3.8, 4) is 11.4 Å². The Morgan fingerprint density at radius 3 is 2.64 bits per heavy atom. The number of carbonyl (C=O) groups excluding carboxylic acids is 1. The third-order valence-corrected chi connectivity index (χ3v) is 4.54. The van der Waals surface area contributed by atoms with Crippen molar-refractivity contribution in [2.45, 2.75) is 26.2 Å². The smallest absolute Gasteiger partial charge is 0.232 e. The summed E-state index contributed by atoms with van der Waals surface area (Å²) in [6, 6.07) is 16.0. The molecule has 1 atom stereocenters. The lowest BCUT2D eigenvalue weighted by Gasteiger charge is -2.16. The molecule has 1 fully saturated rings. The number of benzene rings is 2. The zero-order valence-corrected chi connectivity index (χ0v) is 14.3. The van der Waals surface area contributed by atoms with Gasteiger partial charge in [-0.3, -0.25) is 4.79 Å². The second-order valence-electron chi connectivity index (χ2n) is 6.57. The summed E-state index contributed by atoms with van der Waals surface area (Å²) in [5.74, 6) is 1.11. The van der Waals surface area contributed by atoms with Crippen molar-refractivity contribution in [3.05, 3.63) is 65.5 Å². The Morgan fingerprint density at radius 2 is 1.88 bits per heavy atom. The maximum Gasteiger partial charge on any atom is 0.232 e. The molecule has 1 aliphatic rings. The minimum Gasteiger partial charge on any atom is -0.339 e. The second-order valence-corrected chi connectivity index (χ2v) is 6.57. The Morgan fingerprint density at radius 1 is 1.08 bits per heavy atom. The summed E-state index contributed by atoms with van der Waals surface area (Å²) in [5, 5.41) is 4.09. The number of rotatable bonds is 3. The van der Waals surface area contributed by atoms with Crippen LogP contribution in [0, 0.1) is 13.8 Å². The zero-order valence-electron chi connectivity index (χ0n) is 14.3. The minimum absolute atomic E-state index is 0.0696. The van der Waals surface area contributed by atoms with Crippen LogP contribution in [0.2, 0.25) is 0 Å². The fourth-order valence-corrected chi connectivity index (χ4v) is 3.15. The average molecular weight is 333 g/mol. The first-order chi connectivity index (χ1) is 12.1. The molecule has 0 aliphatic carbocycles. The molecule has 0 spiro atoms. The van der Waals surface area contributed by atoms with Crippen LogP contribution in [-0.4, -0.2) is 22.6 Å². The van der Waals surface area contributed by atoms with Gasteiger partial charge < -0.3 is 9.42 Å². The molecule has 1 saturated heterocycles. The van der Waals surface area contributed by atoms with Crippen LogP contribution in [0.15, 0.2) is 53.1 Å². The number of anilines is 1. The molecule has 1 aliphatic heterocycles. The van der Waals surface area contributed by atoms with Gasteiger partial charge in [-0.1, -0.05) is 46.6 Å². The van der Waals surface area contributed by atoms with Crippen molar-refractivity contribution < 1.29 is 9.32 Å². The largest absolute Gasteiger partial charge is 0.339 e. The molecule has 2 heterocycles. The van der Waals surface area contributed by atoms with Gasteiger partial charge in [-0.05, 0) is 32.0 Å². The number of nitrogens with zero attached hydrogens (tertiary/aromatic N) is 3. The molecule has 1 amide bonds. The highest BCUT2D eigenvalue weighted by atomic mass is 16.5. The summed E-state index contributed by atoms with van der Waals surface area (Å²) in [7, 11) is 0. The van der Waals surface area contributed by atoms with Crippen LogP contribution < -0.4 is 4.90 Å². The Balaban J connectivity index is 1.55. The van der Waals surface area contributed by atoms with Gasteiger partial charge in [0.15, 0.2) is 0 Å². The van der Waals surface area contributed by atoms with Crippen LogP contribution in [0.1, 0.15) is 29.4 Å². The standard InChI is InChI=1S/C20H19N3O2/c1-13-6-8-17(9-7-13)23-12-16(11-18(23)24)20-21-19(22-25-20)15-5-3-4-14(2)10-15/h3-10,16H,11-12H2,1-2H3/t16-/m1/s1. The van der Waals surface area contributed by atoms with Crippen LogP contribution >= 0.6 is 0 Å². The summed E-state index contributed by atoms with van der Waals surface area (Å²) in [5.41, 5.74) is 4.16. The van der Waals surface area contributed by atoms with E-state index in [0.29, 0.717) is 24.7 Å². The molecule has 5 heteroatoms. The highest BCUT2D eigenvalue weighted by Gasteiger charge is 2.35. The first-order valence-corrected chi connectivity index (χ1v) is 8.38. The van der Waals surface area contributed by atoms with Gasteiger partial charge in [0.05, 0.1) is 5.92 Å². The van der Waals surface area contributed by atoms with E-state index in [9.17, 15) is 4.79 Å². The average Bonchev–Trinajstić information content (AvgIpc) is 3.23. The molecule has 0 N–H and O–H groups in total. The maximum atomic E-state index is 12.4. The van der Waals surface area contributed by atoms with Crippen LogP contribution in [0.25, 0.3) is 11.4 Å². The summed E-state index contributed by atoms with van der Waals surface area (Å²) in [4.78, 5) is 18.7. The summed E-state index contributed by atoms with van der Waals surface area (Å²) in [6.45, 7) is 4.63. The predicted molar refractivity (Wildman–Crippen MR) is 95.4 cm³/mol. The molecular formula is C20H19N3O2. The van der Waals surface area contributed by atoms with Gasteiger partial charge in [-0.15, -0.1) is 0 Å². The first-order valence-electron chi connectivity index (χ1n) is 8.38. The second kappa shape index (κ2) is 6.16. The molecule has 0 unspecified atom stereocenters. The molecule has 0 bridgehead atoms. The van der Waals surface area contributed by atoms with Crippen molar-refractivity contribution >= 4 is 11.6 Å². The summed E-state index contributed by atoms with van der Waals surface area (Å²) >= 11 is 0. The van der Waals surface area contributed by atoms with Crippen LogP contribution in [0.4, 0.5) is 5.69 Å². The number of aryl methyl sites for hydroxylation is 2. The maximum absolute atomic E-state index is 12.4. The molecule has 4 rings (SSSR count). The molecule has 5 nitrogen and oxygen atoms in total. The van der Waals surface area contributed by atoms with Crippen LogP contribution in [0.3, 0.4) is 0 Å². The van der Waals surface area contributed by atoms with E-state index in [1.807, 2.05) is 62.4 Å². The first kappa shape index (κ1) is 15.6. The molecule has 1 aromatic heterocycles. The highest BCUT2D eigenvalue weighted by molar-refractivity contribution is 5.96. The molecule has 25 heavy (non-hydrogen) atoms. The van der Waals surface area contributed by atoms with Crippen molar-refractivity contribution in [1.82, 2.24) is 10.1 Å². The topological polar surface area (TPSA) is 59.2 Å². The Kier molecular flexibility index (Phi) is 3.84. The predicted octanol–water partition coefficient (Wildman–Crippen LogP) is 3.87. The lowest BCUT2D eigenvalue weighted by molar-refractivity contribution is -0.117. The Labute approximate surface area is 146 Å². The van der Waals surface area contributed by atoms with Crippen molar-refractivity contribution in [2.24, 2.45) is 0 Å². The van der Waals surface area contributed by atoms with E-state index in [1.165, 1.54) is 5.56 Å². The fourth-order valence-electron chi connectivity index (χ4n) is 3.15. The van der Waals surface area contributed by atoms with Gasteiger partial charge in [-0.25, -0.2) is 0 Å². The number of carbonyl (C=O) groups is 1. The van der Waals surface area contributed by atoms with Crippen molar-refractivity contribution in [2.75, 3.05) is 11.4 Å². The summed E-state index contributed by atoms with van der Waals surface area (Å²) < 4.78 is 5.45. The number of hydrogen-bond donors (Lipinski definition) is 0. The third kappa shape index (κ3) is 3.05. The normalized spacial score (nSPS) is 17.3. The van der Waals surface area contributed by atoms with Gasteiger partial charge in [0.1, 0.15) is 0 Å².